The van der Waals surface area contributed by atoms with E-state index in [1.54, 1.807) is 25.3 Å². The molecule has 6 heteroatoms. The normalized spacial score (nSPS) is 10.5. The first-order valence-electron chi connectivity index (χ1n) is 8.65. The summed E-state index contributed by atoms with van der Waals surface area (Å²) in [6.07, 6.45) is 3.55. The Morgan fingerprint density at radius 2 is 1.96 bits per heavy atom. The van der Waals surface area contributed by atoms with Crippen molar-refractivity contribution in [3.8, 4) is 0 Å². The molecule has 1 aromatic carbocycles. The van der Waals surface area contributed by atoms with E-state index in [2.05, 4.69) is 32.7 Å². The lowest BCUT2D eigenvalue weighted by Crippen LogP contribution is -2.24. The number of aryl methyl sites for hydroxylation is 2. The second kappa shape index (κ2) is 8.80. The summed E-state index contributed by atoms with van der Waals surface area (Å²) < 4.78 is 5.21. The zero-order valence-electron chi connectivity index (χ0n) is 14.7. The highest BCUT2D eigenvalue weighted by atomic mass is 16.3. The maximum Gasteiger partial charge on any atom is 0.270 e. The summed E-state index contributed by atoms with van der Waals surface area (Å²) in [6, 6.07) is 15.6. The van der Waals surface area contributed by atoms with Gasteiger partial charge in [0.25, 0.3) is 5.91 Å². The maximum atomic E-state index is 12.3. The fourth-order valence-corrected chi connectivity index (χ4v) is 2.60. The fourth-order valence-electron chi connectivity index (χ4n) is 2.60. The van der Waals surface area contributed by atoms with Crippen LogP contribution in [0.3, 0.4) is 0 Å². The molecule has 0 unspecified atom stereocenters. The molecule has 0 aliphatic heterocycles. The summed E-state index contributed by atoms with van der Waals surface area (Å²) in [4.78, 5) is 20.9. The molecule has 3 rings (SSSR count). The molecule has 0 spiro atoms. The lowest BCUT2D eigenvalue weighted by atomic mass is 10.1. The second-order valence-corrected chi connectivity index (χ2v) is 5.96. The van der Waals surface area contributed by atoms with Gasteiger partial charge in [0.05, 0.1) is 12.8 Å². The van der Waals surface area contributed by atoms with Gasteiger partial charge in [0.2, 0.25) is 0 Å². The second-order valence-electron chi connectivity index (χ2n) is 5.96. The summed E-state index contributed by atoms with van der Waals surface area (Å²) in [7, 11) is 0. The van der Waals surface area contributed by atoms with Gasteiger partial charge >= 0.3 is 0 Å². The molecule has 1 amide bonds. The molecule has 6 nitrogen and oxygen atoms in total. The first-order chi connectivity index (χ1) is 12.7. The van der Waals surface area contributed by atoms with Crippen LogP contribution in [0, 0.1) is 6.92 Å². The first-order valence-corrected chi connectivity index (χ1v) is 8.65. The Kier molecular flexibility index (Phi) is 5.98. The van der Waals surface area contributed by atoms with Crippen LogP contribution in [0.25, 0.3) is 0 Å². The standard InChI is InChI=1S/C20H22N4O2/c1-15-23-18(20(25)22-14-17-10-6-12-26-17)13-19(24-15)21-11-5-9-16-7-3-2-4-8-16/h2-4,6-8,10,12-13H,5,9,11,14H2,1H3,(H,22,25)(H,21,23,24). The van der Waals surface area contributed by atoms with Crippen molar-refractivity contribution in [1.29, 1.82) is 0 Å². The molecule has 0 radical (unpaired) electrons. The molecule has 26 heavy (non-hydrogen) atoms. The van der Waals surface area contributed by atoms with Crippen LogP contribution in [0.1, 0.15) is 34.1 Å². The Bertz CT molecular complexity index is 832. The van der Waals surface area contributed by atoms with E-state index < -0.39 is 0 Å². The zero-order chi connectivity index (χ0) is 18.2. The summed E-state index contributed by atoms with van der Waals surface area (Å²) >= 11 is 0. The third kappa shape index (κ3) is 5.17. The van der Waals surface area contributed by atoms with Crippen molar-refractivity contribution in [3.63, 3.8) is 0 Å². The molecule has 2 N–H and O–H groups in total. The highest BCUT2D eigenvalue weighted by molar-refractivity contribution is 5.92. The molecule has 0 aliphatic carbocycles. The van der Waals surface area contributed by atoms with Gasteiger partial charge in [0, 0.05) is 12.6 Å². The van der Waals surface area contributed by atoms with E-state index in [1.165, 1.54) is 5.56 Å². The number of hydrogen-bond donors (Lipinski definition) is 2. The zero-order valence-corrected chi connectivity index (χ0v) is 14.7. The molecular formula is C20H22N4O2. The third-order valence-electron chi connectivity index (χ3n) is 3.87. The number of anilines is 1. The Hall–Kier alpha value is -3.15. The Balaban J connectivity index is 1.52. The van der Waals surface area contributed by atoms with Crippen molar-refractivity contribution < 1.29 is 9.21 Å². The van der Waals surface area contributed by atoms with Crippen LogP contribution in [-0.2, 0) is 13.0 Å². The quantitative estimate of drug-likeness (QED) is 0.609. The minimum atomic E-state index is -0.251. The lowest BCUT2D eigenvalue weighted by Gasteiger charge is -2.09. The van der Waals surface area contributed by atoms with Crippen molar-refractivity contribution >= 4 is 11.7 Å². The number of rotatable bonds is 8. The monoisotopic (exact) mass is 350 g/mol. The van der Waals surface area contributed by atoms with Gasteiger partial charge in [-0.2, -0.15) is 0 Å². The number of benzene rings is 1. The van der Waals surface area contributed by atoms with Crippen LogP contribution in [0.15, 0.2) is 59.2 Å². The number of hydrogen-bond acceptors (Lipinski definition) is 5. The number of furan rings is 1. The minimum absolute atomic E-state index is 0.251. The van der Waals surface area contributed by atoms with Gasteiger partial charge in [-0.25, -0.2) is 9.97 Å². The average Bonchev–Trinajstić information content (AvgIpc) is 3.17. The molecule has 2 aromatic heterocycles. The first kappa shape index (κ1) is 17.7. The van der Waals surface area contributed by atoms with Gasteiger partial charge in [0.1, 0.15) is 23.1 Å². The summed E-state index contributed by atoms with van der Waals surface area (Å²) in [6.45, 7) is 2.88. The Labute approximate surface area is 152 Å². The third-order valence-corrected chi connectivity index (χ3v) is 3.87. The van der Waals surface area contributed by atoms with Crippen molar-refractivity contribution in [2.24, 2.45) is 0 Å². The van der Waals surface area contributed by atoms with Gasteiger partial charge in [0.15, 0.2) is 0 Å². The van der Waals surface area contributed by atoms with Crippen LogP contribution in [-0.4, -0.2) is 22.4 Å². The topological polar surface area (TPSA) is 80.0 Å². The van der Waals surface area contributed by atoms with Crippen LogP contribution in [0.5, 0.6) is 0 Å². The number of carbonyl (C=O) groups excluding carboxylic acids is 1. The summed E-state index contributed by atoms with van der Waals surface area (Å²) in [5.41, 5.74) is 1.65. The van der Waals surface area contributed by atoms with Gasteiger partial charge < -0.3 is 15.1 Å². The van der Waals surface area contributed by atoms with Crippen LogP contribution >= 0.6 is 0 Å². The lowest BCUT2D eigenvalue weighted by molar-refractivity contribution is 0.0942. The van der Waals surface area contributed by atoms with Crippen molar-refractivity contribution in [1.82, 2.24) is 15.3 Å². The highest BCUT2D eigenvalue weighted by Gasteiger charge is 2.11. The Morgan fingerprint density at radius 3 is 2.73 bits per heavy atom. The van der Waals surface area contributed by atoms with Crippen LogP contribution in [0.4, 0.5) is 5.82 Å². The van der Waals surface area contributed by atoms with Crippen LogP contribution in [0.2, 0.25) is 0 Å². The number of carbonyl (C=O) groups is 1. The number of nitrogens with one attached hydrogen (secondary N) is 2. The maximum absolute atomic E-state index is 12.3. The number of amides is 1. The largest absolute Gasteiger partial charge is 0.467 e. The van der Waals surface area contributed by atoms with Crippen molar-refractivity contribution in [3.05, 3.63) is 77.6 Å². The van der Waals surface area contributed by atoms with Gasteiger partial charge in [-0.05, 0) is 37.5 Å². The fraction of sp³-hybridized carbons (Fsp3) is 0.250. The molecule has 0 atom stereocenters. The number of nitrogens with zero attached hydrogens (tertiary/aromatic N) is 2. The molecule has 2 heterocycles. The number of aromatic nitrogens is 2. The Morgan fingerprint density at radius 1 is 1.12 bits per heavy atom. The molecule has 0 saturated carbocycles. The summed E-state index contributed by atoms with van der Waals surface area (Å²) in [5, 5.41) is 6.06. The van der Waals surface area contributed by atoms with E-state index in [1.807, 2.05) is 24.3 Å². The molecule has 0 fully saturated rings. The molecule has 134 valence electrons. The average molecular weight is 350 g/mol. The van der Waals surface area contributed by atoms with Gasteiger partial charge in [-0.1, -0.05) is 30.3 Å². The minimum Gasteiger partial charge on any atom is -0.467 e. The summed E-state index contributed by atoms with van der Waals surface area (Å²) in [5.74, 6) is 1.66. The SMILES string of the molecule is Cc1nc(NCCCc2ccccc2)cc(C(=O)NCc2ccco2)n1. The van der Waals surface area contributed by atoms with E-state index >= 15 is 0 Å². The molecule has 0 bridgehead atoms. The van der Waals surface area contributed by atoms with Crippen molar-refractivity contribution in [2.75, 3.05) is 11.9 Å². The van der Waals surface area contributed by atoms with Crippen LogP contribution < -0.4 is 10.6 Å². The van der Waals surface area contributed by atoms with E-state index in [4.69, 9.17) is 4.42 Å². The van der Waals surface area contributed by atoms with Crippen molar-refractivity contribution in [2.45, 2.75) is 26.3 Å². The van der Waals surface area contributed by atoms with E-state index in [-0.39, 0.29) is 5.91 Å². The molecule has 3 aromatic rings. The predicted molar refractivity (Wildman–Crippen MR) is 99.9 cm³/mol. The van der Waals surface area contributed by atoms with E-state index in [0.717, 1.165) is 19.4 Å². The molecule has 0 aliphatic rings. The highest BCUT2D eigenvalue weighted by Crippen LogP contribution is 2.09. The predicted octanol–water partition coefficient (Wildman–Crippen LogP) is 3.35. The van der Waals surface area contributed by atoms with Gasteiger partial charge in [-0.3, -0.25) is 4.79 Å². The van der Waals surface area contributed by atoms with E-state index in [0.29, 0.717) is 29.6 Å². The molecule has 0 saturated heterocycles. The van der Waals surface area contributed by atoms with E-state index in [9.17, 15) is 4.79 Å². The molecular weight excluding hydrogens is 328 g/mol. The smallest absolute Gasteiger partial charge is 0.270 e. The van der Waals surface area contributed by atoms with Gasteiger partial charge in [-0.15, -0.1) is 0 Å².